The average Bonchev–Trinajstić information content (AvgIpc) is 3.10. The maximum atomic E-state index is 12.6. The molecule has 0 aliphatic carbocycles. The van der Waals surface area contributed by atoms with Gasteiger partial charge in [0.05, 0.1) is 15.6 Å². The summed E-state index contributed by atoms with van der Waals surface area (Å²) in [6.07, 6.45) is 1.66. The predicted octanol–water partition coefficient (Wildman–Crippen LogP) is 2.93. The first kappa shape index (κ1) is 18.2. The van der Waals surface area contributed by atoms with Crippen LogP contribution in [0.1, 0.15) is 12.8 Å². The molecule has 3 rings (SSSR count). The van der Waals surface area contributed by atoms with Crippen molar-refractivity contribution in [3.05, 3.63) is 53.6 Å². The number of nitrogens with zero attached hydrogens (tertiary/aromatic N) is 1. The second-order valence-electron chi connectivity index (χ2n) is 5.67. The molecule has 134 valence electrons. The molecule has 1 fully saturated rings. The van der Waals surface area contributed by atoms with Gasteiger partial charge in [0.2, 0.25) is 10.0 Å². The Labute approximate surface area is 152 Å². The van der Waals surface area contributed by atoms with Crippen molar-refractivity contribution in [3.8, 4) is 0 Å². The fourth-order valence-electron chi connectivity index (χ4n) is 2.67. The van der Waals surface area contributed by atoms with Crippen molar-refractivity contribution in [1.82, 2.24) is 4.31 Å². The average molecular weight is 401 g/mol. The Balaban J connectivity index is 1.91. The molecule has 0 atom stereocenters. The van der Waals surface area contributed by atoms with Gasteiger partial charge in [0.25, 0.3) is 10.0 Å². The second kappa shape index (κ2) is 6.95. The molecule has 0 saturated carbocycles. The molecule has 2 aromatic carbocycles. The van der Waals surface area contributed by atoms with Crippen LogP contribution < -0.4 is 4.72 Å². The maximum absolute atomic E-state index is 12.6. The minimum Gasteiger partial charge on any atom is -0.280 e. The van der Waals surface area contributed by atoms with Crippen LogP contribution in [-0.2, 0) is 20.0 Å². The van der Waals surface area contributed by atoms with Crippen LogP contribution >= 0.6 is 11.6 Å². The summed E-state index contributed by atoms with van der Waals surface area (Å²) in [5.74, 6) is 0. The van der Waals surface area contributed by atoms with E-state index >= 15 is 0 Å². The van der Waals surface area contributed by atoms with E-state index < -0.39 is 20.0 Å². The van der Waals surface area contributed by atoms with Crippen molar-refractivity contribution in [2.24, 2.45) is 0 Å². The summed E-state index contributed by atoms with van der Waals surface area (Å²) in [5, 5.41) is 0.0934. The zero-order valence-corrected chi connectivity index (χ0v) is 15.6. The fraction of sp³-hybridized carbons (Fsp3) is 0.250. The van der Waals surface area contributed by atoms with Crippen molar-refractivity contribution < 1.29 is 16.8 Å². The molecule has 0 aromatic heterocycles. The minimum absolute atomic E-state index is 0.0637. The molecule has 1 saturated heterocycles. The van der Waals surface area contributed by atoms with Crippen molar-refractivity contribution in [2.75, 3.05) is 17.8 Å². The molecule has 1 heterocycles. The van der Waals surface area contributed by atoms with Gasteiger partial charge in [-0.25, -0.2) is 16.8 Å². The molecular weight excluding hydrogens is 384 g/mol. The Kier molecular flexibility index (Phi) is 5.06. The minimum atomic E-state index is -3.92. The van der Waals surface area contributed by atoms with Crippen molar-refractivity contribution in [1.29, 1.82) is 0 Å². The number of benzene rings is 2. The van der Waals surface area contributed by atoms with Crippen molar-refractivity contribution >= 4 is 37.3 Å². The van der Waals surface area contributed by atoms with E-state index in [-0.39, 0.29) is 20.5 Å². The Morgan fingerprint density at radius 1 is 0.920 bits per heavy atom. The van der Waals surface area contributed by atoms with E-state index in [4.69, 9.17) is 11.6 Å². The fourth-order valence-corrected chi connectivity index (χ4v) is 5.80. The quantitative estimate of drug-likeness (QED) is 0.836. The molecule has 0 radical (unpaired) electrons. The molecule has 1 N–H and O–H groups in total. The Hall–Kier alpha value is -1.61. The Bertz CT molecular complexity index is 985. The highest BCUT2D eigenvalue weighted by Gasteiger charge is 2.27. The molecule has 0 unspecified atom stereocenters. The Morgan fingerprint density at radius 3 is 2.28 bits per heavy atom. The van der Waals surface area contributed by atoms with E-state index in [9.17, 15) is 16.8 Å². The third-order valence-electron chi connectivity index (χ3n) is 3.92. The molecule has 9 heteroatoms. The van der Waals surface area contributed by atoms with Gasteiger partial charge in [0, 0.05) is 13.1 Å². The van der Waals surface area contributed by atoms with Crippen molar-refractivity contribution in [3.63, 3.8) is 0 Å². The molecule has 6 nitrogen and oxygen atoms in total. The third kappa shape index (κ3) is 3.82. The molecule has 1 aliphatic heterocycles. The third-order valence-corrected chi connectivity index (χ3v) is 7.69. The highest BCUT2D eigenvalue weighted by molar-refractivity contribution is 7.92. The van der Waals surface area contributed by atoms with Gasteiger partial charge in [0.15, 0.2) is 0 Å². The van der Waals surface area contributed by atoms with E-state index in [1.165, 1.54) is 40.7 Å². The van der Waals surface area contributed by atoms with E-state index in [2.05, 4.69) is 4.72 Å². The van der Waals surface area contributed by atoms with Gasteiger partial charge < -0.3 is 0 Å². The number of anilines is 1. The van der Waals surface area contributed by atoms with Crippen LogP contribution in [0, 0.1) is 0 Å². The summed E-state index contributed by atoms with van der Waals surface area (Å²) >= 11 is 5.94. The number of hydrogen-bond acceptors (Lipinski definition) is 4. The molecule has 25 heavy (non-hydrogen) atoms. The summed E-state index contributed by atoms with van der Waals surface area (Å²) in [7, 11) is -7.53. The summed E-state index contributed by atoms with van der Waals surface area (Å²) in [4.78, 5) is -0.00164. The van der Waals surface area contributed by atoms with Crippen LogP contribution in [0.25, 0.3) is 0 Å². The summed E-state index contributed by atoms with van der Waals surface area (Å²) in [6.45, 7) is 0.968. The Morgan fingerprint density at radius 2 is 1.60 bits per heavy atom. The molecule has 0 spiro atoms. The molecule has 1 aliphatic rings. The first-order chi connectivity index (χ1) is 11.8. The van der Waals surface area contributed by atoms with Crippen LogP contribution in [0.3, 0.4) is 0 Å². The van der Waals surface area contributed by atoms with Crippen LogP contribution in [0.4, 0.5) is 5.69 Å². The maximum Gasteiger partial charge on any atom is 0.263 e. The smallest absolute Gasteiger partial charge is 0.263 e. The zero-order valence-electron chi connectivity index (χ0n) is 13.2. The standard InChI is InChI=1S/C16H17ClN2O4S2/c17-15-8-1-2-9-16(15)24(20,21)18-13-6-5-7-14(12-13)25(22,23)19-10-3-4-11-19/h1-2,5-9,12,18H,3-4,10-11H2. The molecule has 0 bridgehead atoms. The lowest BCUT2D eigenvalue weighted by Crippen LogP contribution is -2.27. The van der Waals surface area contributed by atoms with E-state index in [1.54, 1.807) is 12.1 Å². The van der Waals surface area contributed by atoms with Gasteiger partial charge in [-0.1, -0.05) is 29.8 Å². The summed E-state index contributed by atoms with van der Waals surface area (Å²) < 4.78 is 54.0. The second-order valence-corrected chi connectivity index (χ2v) is 9.67. The first-order valence-electron chi connectivity index (χ1n) is 7.68. The highest BCUT2D eigenvalue weighted by Crippen LogP contribution is 2.26. The number of hydrogen-bond donors (Lipinski definition) is 1. The van der Waals surface area contributed by atoms with Gasteiger partial charge in [-0.05, 0) is 43.2 Å². The van der Waals surface area contributed by atoms with Gasteiger partial charge in [0.1, 0.15) is 4.90 Å². The van der Waals surface area contributed by atoms with Crippen molar-refractivity contribution in [2.45, 2.75) is 22.6 Å². The lowest BCUT2D eigenvalue weighted by atomic mass is 10.3. The molecule has 0 amide bonds. The van der Waals surface area contributed by atoms with Crippen LogP contribution in [-0.4, -0.2) is 34.2 Å². The van der Waals surface area contributed by atoms with Crippen LogP contribution in [0.5, 0.6) is 0 Å². The number of sulfonamides is 2. The lowest BCUT2D eigenvalue weighted by molar-refractivity contribution is 0.477. The number of nitrogens with one attached hydrogen (secondary N) is 1. The van der Waals surface area contributed by atoms with Crippen LogP contribution in [0.15, 0.2) is 58.3 Å². The normalized spacial score (nSPS) is 16.0. The summed E-state index contributed by atoms with van der Waals surface area (Å²) in [6, 6.07) is 11.8. The topological polar surface area (TPSA) is 83.5 Å². The largest absolute Gasteiger partial charge is 0.280 e. The molecular formula is C16H17ClN2O4S2. The molecule has 2 aromatic rings. The predicted molar refractivity (Wildman–Crippen MR) is 96.7 cm³/mol. The monoisotopic (exact) mass is 400 g/mol. The van der Waals surface area contributed by atoms with Gasteiger partial charge in [-0.3, -0.25) is 4.72 Å². The first-order valence-corrected chi connectivity index (χ1v) is 11.0. The number of halogens is 1. The van der Waals surface area contributed by atoms with E-state index in [0.29, 0.717) is 13.1 Å². The summed E-state index contributed by atoms with van der Waals surface area (Å²) in [5.41, 5.74) is 0.167. The highest BCUT2D eigenvalue weighted by atomic mass is 35.5. The van der Waals surface area contributed by atoms with E-state index in [1.807, 2.05) is 0 Å². The van der Waals surface area contributed by atoms with Crippen LogP contribution in [0.2, 0.25) is 5.02 Å². The SMILES string of the molecule is O=S(=O)(Nc1cccc(S(=O)(=O)N2CCCC2)c1)c1ccccc1Cl. The zero-order chi connectivity index (χ0) is 18.1. The van der Waals surface area contributed by atoms with Gasteiger partial charge in [-0.2, -0.15) is 4.31 Å². The lowest BCUT2D eigenvalue weighted by Gasteiger charge is -2.16. The van der Waals surface area contributed by atoms with Gasteiger partial charge in [-0.15, -0.1) is 0 Å². The number of rotatable bonds is 5. The van der Waals surface area contributed by atoms with E-state index in [0.717, 1.165) is 12.8 Å². The van der Waals surface area contributed by atoms with Gasteiger partial charge >= 0.3 is 0 Å².